The molecule has 0 aliphatic heterocycles. The van der Waals surface area contributed by atoms with E-state index in [0.717, 1.165) is 37.4 Å². The van der Waals surface area contributed by atoms with Crippen molar-refractivity contribution >= 4 is 0 Å². The first-order chi connectivity index (χ1) is 6.60. The van der Waals surface area contributed by atoms with Crippen molar-refractivity contribution in [1.29, 1.82) is 0 Å². The first-order valence-electron chi connectivity index (χ1n) is 5.16. The third-order valence-electron chi connectivity index (χ3n) is 3.18. The number of hydrogen-bond acceptors (Lipinski definition) is 4. The van der Waals surface area contributed by atoms with Crippen LogP contribution in [-0.2, 0) is 5.41 Å². The van der Waals surface area contributed by atoms with E-state index in [1.54, 1.807) is 0 Å². The Labute approximate surface area is 83.9 Å². The summed E-state index contributed by atoms with van der Waals surface area (Å²) in [5.41, 5.74) is 5.93. The average Bonchev–Trinajstić information content (AvgIpc) is 2.58. The molecule has 4 heteroatoms. The van der Waals surface area contributed by atoms with Gasteiger partial charge in [-0.3, -0.25) is 0 Å². The van der Waals surface area contributed by atoms with Gasteiger partial charge in [0.1, 0.15) is 0 Å². The van der Waals surface area contributed by atoms with E-state index in [0.29, 0.717) is 6.04 Å². The monoisotopic (exact) mass is 195 g/mol. The van der Waals surface area contributed by atoms with Crippen LogP contribution in [0.4, 0.5) is 0 Å². The van der Waals surface area contributed by atoms with E-state index < -0.39 is 0 Å². The van der Waals surface area contributed by atoms with Gasteiger partial charge in [-0.25, -0.2) is 0 Å². The summed E-state index contributed by atoms with van der Waals surface area (Å²) in [7, 11) is 0. The van der Waals surface area contributed by atoms with Crippen molar-refractivity contribution in [3.8, 4) is 0 Å². The van der Waals surface area contributed by atoms with E-state index in [-0.39, 0.29) is 5.41 Å². The molecule has 4 nitrogen and oxygen atoms in total. The Kier molecular flexibility index (Phi) is 2.31. The Hall–Kier alpha value is -0.900. The van der Waals surface area contributed by atoms with Gasteiger partial charge < -0.3 is 10.3 Å². The van der Waals surface area contributed by atoms with Gasteiger partial charge in [0, 0.05) is 11.5 Å². The summed E-state index contributed by atoms with van der Waals surface area (Å²) >= 11 is 0. The zero-order chi connectivity index (χ0) is 10.2. The molecule has 1 aliphatic rings. The molecule has 0 amide bonds. The molecule has 2 N–H and O–H groups in total. The van der Waals surface area contributed by atoms with Crippen LogP contribution < -0.4 is 5.73 Å². The third-order valence-corrected chi connectivity index (χ3v) is 3.18. The van der Waals surface area contributed by atoms with Crippen LogP contribution in [0.3, 0.4) is 0 Å². The van der Waals surface area contributed by atoms with Crippen molar-refractivity contribution in [3.63, 3.8) is 0 Å². The lowest BCUT2D eigenvalue weighted by Gasteiger charge is -2.32. The molecule has 0 atom stereocenters. The SMILES string of the molecule is Cc1noc(C2(C)CCC(N)CC2)n1. The Bertz CT molecular complexity index is 313. The molecule has 1 aromatic heterocycles. The number of nitrogens with zero attached hydrogens (tertiary/aromatic N) is 2. The maximum absolute atomic E-state index is 5.87. The summed E-state index contributed by atoms with van der Waals surface area (Å²) in [6.07, 6.45) is 4.21. The maximum Gasteiger partial charge on any atom is 0.232 e. The van der Waals surface area contributed by atoms with Crippen LogP contribution >= 0.6 is 0 Å². The second-order valence-corrected chi connectivity index (χ2v) is 4.54. The first-order valence-corrected chi connectivity index (χ1v) is 5.16. The van der Waals surface area contributed by atoms with E-state index in [9.17, 15) is 0 Å². The molecular weight excluding hydrogens is 178 g/mol. The van der Waals surface area contributed by atoms with Crippen LogP contribution in [-0.4, -0.2) is 16.2 Å². The molecule has 14 heavy (non-hydrogen) atoms. The molecule has 2 rings (SSSR count). The summed E-state index contributed by atoms with van der Waals surface area (Å²) in [5.74, 6) is 1.50. The Morgan fingerprint density at radius 2 is 2.07 bits per heavy atom. The highest BCUT2D eigenvalue weighted by Crippen LogP contribution is 2.37. The minimum atomic E-state index is 0.0527. The normalized spacial score (nSPS) is 33.2. The lowest BCUT2D eigenvalue weighted by Crippen LogP contribution is -2.35. The van der Waals surface area contributed by atoms with Crippen LogP contribution in [0.2, 0.25) is 0 Å². The zero-order valence-electron chi connectivity index (χ0n) is 8.79. The molecule has 1 aliphatic carbocycles. The van der Waals surface area contributed by atoms with Gasteiger partial charge in [-0.15, -0.1) is 0 Å². The van der Waals surface area contributed by atoms with Gasteiger partial charge in [0.25, 0.3) is 0 Å². The van der Waals surface area contributed by atoms with Gasteiger partial charge in [0.05, 0.1) is 0 Å². The summed E-state index contributed by atoms with van der Waals surface area (Å²) in [6.45, 7) is 4.04. The highest BCUT2D eigenvalue weighted by molar-refractivity contribution is 5.05. The summed E-state index contributed by atoms with van der Waals surface area (Å²) in [6, 6.07) is 0.354. The fraction of sp³-hybridized carbons (Fsp3) is 0.800. The molecule has 0 spiro atoms. The van der Waals surface area contributed by atoms with Gasteiger partial charge in [0.2, 0.25) is 5.89 Å². The van der Waals surface area contributed by atoms with Gasteiger partial charge in [-0.2, -0.15) is 4.98 Å². The van der Waals surface area contributed by atoms with Gasteiger partial charge in [-0.05, 0) is 32.6 Å². The van der Waals surface area contributed by atoms with Crippen molar-refractivity contribution in [2.75, 3.05) is 0 Å². The number of aryl methyl sites for hydroxylation is 1. The number of rotatable bonds is 1. The van der Waals surface area contributed by atoms with Crippen LogP contribution in [0.25, 0.3) is 0 Å². The smallest absolute Gasteiger partial charge is 0.232 e. The predicted octanol–water partition coefficient (Wildman–Crippen LogP) is 1.54. The highest BCUT2D eigenvalue weighted by Gasteiger charge is 2.36. The van der Waals surface area contributed by atoms with Crippen molar-refractivity contribution in [2.24, 2.45) is 5.73 Å². The van der Waals surface area contributed by atoms with E-state index in [1.165, 1.54) is 0 Å². The Morgan fingerprint density at radius 1 is 1.43 bits per heavy atom. The Balaban J connectivity index is 2.16. The van der Waals surface area contributed by atoms with Crippen LogP contribution in [0.1, 0.15) is 44.3 Å². The van der Waals surface area contributed by atoms with Gasteiger partial charge in [-0.1, -0.05) is 12.1 Å². The van der Waals surface area contributed by atoms with Crippen molar-refractivity contribution in [3.05, 3.63) is 11.7 Å². The van der Waals surface area contributed by atoms with Crippen LogP contribution in [0.15, 0.2) is 4.52 Å². The molecule has 0 bridgehead atoms. The second-order valence-electron chi connectivity index (χ2n) is 4.54. The molecule has 0 aromatic carbocycles. The lowest BCUT2D eigenvalue weighted by atomic mass is 9.74. The topological polar surface area (TPSA) is 64.9 Å². The fourth-order valence-corrected chi connectivity index (χ4v) is 2.03. The zero-order valence-corrected chi connectivity index (χ0v) is 8.79. The van der Waals surface area contributed by atoms with Gasteiger partial charge >= 0.3 is 0 Å². The quantitative estimate of drug-likeness (QED) is 0.738. The summed E-state index contributed by atoms with van der Waals surface area (Å²) in [5, 5.41) is 3.84. The van der Waals surface area contributed by atoms with Gasteiger partial charge in [0.15, 0.2) is 5.82 Å². The number of aromatic nitrogens is 2. The number of nitrogens with two attached hydrogens (primary N) is 1. The first kappa shape index (κ1) is 9.65. The highest BCUT2D eigenvalue weighted by atomic mass is 16.5. The second kappa shape index (κ2) is 3.35. The van der Waals surface area contributed by atoms with Crippen molar-refractivity contribution in [2.45, 2.75) is 51.0 Å². The number of hydrogen-bond donors (Lipinski definition) is 1. The summed E-state index contributed by atoms with van der Waals surface area (Å²) in [4.78, 5) is 4.31. The van der Waals surface area contributed by atoms with E-state index in [1.807, 2.05) is 6.92 Å². The minimum absolute atomic E-state index is 0.0527. The van der Waals surface area contributed by atoms with E-state index >= 15 is 0 Å². The molecule has 0 radical (unpaired) electrons. The molecule has 1 fully saturated rings. The molecule has 0 unspecified atom stereocenters. The molecule has 1 heterocycles. The fourth-order valence-electron chi connectivity index (χ4n) is 2.03. The van der Waals surface area contributed by atoms with Crippen LogP contribution in [0.5, 0.6) is 0 Å². The molecule has 0 saturated heterocycles. The predicted molar refractivity (Wildman–Crippen MR) is 52.8 cm³/mol. The average molecular weight is 195 g/mol. The Morgan fingerprint density at radius 3 is 2.57 bits per heavy atom. The van der Waals surface area contributed by atoms with E-state index in [4.69, 9.17) is 10.3 Å². The van der Waals surface area contributed by atoms with E-state index in [2.05, 4.69) is 17.1 Å². The third kappa shape index (κ3) is 1.66. The van der Waals surface area contributed by atoms with Crippen molar-refractivity contribution in [1.82, 2.24) is 10.1 Å². The lowest BCUT2D eigenvalue weighted by molar-refractivity contribution is 0.219. The van der Waals surface area contributed by atoms with Crippen molar-refractivity contribution < 1.29 is 4.52 Å². The van der Waals surface area contributed by atoms with Crippen LogP contribution in [0, 0.1) is 6.92 Å². The summed E-state index contributed by atoms with van der Waals surface area (Å²) < 4.78 is 5.24. The standard InChI is InChI=1S/C10H17N3O/c1-7-12-9(14-13-7)10(2)5-3-8(11)4-6-10/h8H,3-6,11H2,1-2H3. The molecule has 78 valence electrons. The minimum Gasteiger partial charge on any atom is -0.339 e. The molecular formula is C10H17N3O. The molecule has 1 saturated carbocycles. The molecule has 1 aromatic rings. The maximum atomic E-state index is 5.87. The largest absolute Gasteiger partial charge is 0.339 e.